The summed E-state index contributed by atoms with van der Waals surface area (Å²) in [5, 5.41) is 112. The van der Waals surface area contributed by atoms with E-state index in [1.165, 1.54) is 0 Å². The van der Waals surface area contributed by atoms with E-state index in [-0.39, 0.29) is 0 Å². The van der Waals surface area contributed by atoms with E-state index in [1.807, 2.05) is 0 Å². The van der Waals surface area contributed by atoms with Gasteiger partial charge in [-0.1, -0.05) is 0 Å². The van der Waals surface area contributed by atoms with Crippen LogP contribution < -0.4 is 21.7 Å². The third-order valence-corrected chi connectivity index (χ3v) is 9.49. The van der Waals surface area contributed by atoms with Crippen LogP contribution in [0, 0.1) is 0 Å². The van der Waals surface area contributed by atoms with Crippen molar-refractivity contribution in [1.82, 2.24) is 16.0 Å². The van der Waals surface area contributed by atoms with Crippen molar-refractivity contribution in [2.75, 3.05) is 26.4 Å². The van der Waals surface area contributed by atoms with Crippen molar-refractivity contribution in [2.24, 2.45) is 5.73 Å². The molecule has 0 aliphatic carbocycles. The lowest BCUT2D eigenvalue weighted by atomic mass is 9.93. The Balaban J connectivity index is 1.59. The first kappa shape index (κ1) is 44.4. The van der Waals surface area contributed by atoms with Gasteiger partial charge >= 0.3 is 0 Å². The molecule has 4 rings (SSSR count). The Hall–Kier alpha value is -2.31. The molecule has 4 saturated heterocycles. The Kier molecular flexibility index (Phi) is 15.8. The van der Waals surface area contributed by atoms with Gasteiger partial charge in [0, 0.05) is 20.8 Å². The zero-order valence-corrected chi connectivity index (χ0v) is 29.5. The molecule has 24 heteroatoms. The van der Waals surface area contributed by atoms with Crippen molar-refractivity contribution in [2.45, 2.75) is 143 Å². The summed E-state index contributed by atoms with van der Waals surface area (Å²) in [4.78, 5) is 36.3. The van der Waals surface area contributed by atoms with Crippen molar-refractivity contribution in [3.05, 3.63) is 0 Å². The number of hydrogen-bond acceptors (Lipinski definition) is 21. The second-order valence-electron chi connectivity index (χ2n) is 13.4. The molecule has 4 heterocycles. The van der Waals surface area contributed by atoms with Gasteiger partial charge in [0.15, 0.2) is 25.2 Å². The smallest absolute Gasteiger partial charge is 0.217 e. The van der Waals surface area contributed by atoms with Crippen molar-refractivity contribution >= 4 is 17.7 Å². The van der Waals surface area contributed by atoms with Gasteiger partial charge in [-0.15, -0.1) is 0 Å². The average molecular weight is 789 g/mol. The molecule has 4 aliphatic heterocycles. The maximum atomic E-state index is 12.3. The Labute approximate surface area is 308 Å². The summed E-state index contributed by atoms with van der Waals surface area (Å²) in [6.07, 6.45) is -26.1. The van der Waals surface area contributed by atoms with Gasteiger partial charge < -0.3 is 106 Å². The lowest BCUT2D eigenvalue weighted by molar-refractivity contribution is -0.361. The standard InChI is InChI=1S/C30H52N4O20/c1-8(39)32-16-21(44)24(12(5-36)48-27(16)47)53-29-18(34-10(3)41)23(46)26(14(7-38)51-29)54-30-17(33-9(2)40)22(45)25(13(6-37)50-30)52-28-15(31)20(43)19(42)11(4-35)49-28/h11-30,35-38,42-47H,4-7,31H2,1-3H3,(H,32,39)(H,33,40)(H,34,41)/t11-,12+,13-,14-,15-,16-,17-,18-,19-,20-,21?,22?,23-,24-,25-,26-,27-,28+,29+,30+/m1/s1. The van der Waals surface area contributed by atoms with Gasteiger partial charge in [0.05, 0.1) is 32.5 Å². The van der Waals surface area contributed by atoms with E-state index in [1.54, 1.807) is 0 Å². The molecule has 0 saturated carbocycles. The normalized spacial score (nSPS) is 45.7. The number of hydrogen-bond donors (Lipinski definition) is 14. The fraction of sp³-hybridized carbons (Fsp3) is 0.900. The number of nitrogens with two attached hydrogens (primary N) is 1. The zero-order valence-electron chi connectivity index (χ0n) is 29.5. The molecule has 15 N–H and O–H groups in total. The Morgan fingerprint density at radius 2 is 0.833 bits per heavy atom. The van der Waals surface area contributed by atoms with Crippen LogP contribution in [0.25, 0.3) is 0 Å². The Morgan fingerprint density at radius 1 is 0.500 bits per heavy atom. The van der Waals surface area contributed by atoms with Gasteiger partial charge in [-0.05, 0) is 0 Å². The quantitative estimate of drug-likeness (QED) is 0.0824. The lowest BCUT2D eigenvalue weighted by Crippen LogP contribution is -2.71. The van der Waals surface area contributed by atoms with Crippen LogP contribution in [0.4, 0.5) is 0 Å². The van der Waals surface area contributed by atoms with Gasteiger partial charge in [0.1, 0.15) is 91.4 Å². The number of carbonyl (C=O) groups is 3. The van der Waals surface area contributed by atoms with Crippen LogP contribution in [0.5, 0.6) is 0 Å². The minimum atomic E-state index is -1.87. The predicted octanol–water partition coefficient (Wildman–Crippen LogP) is -9.35. The summed E-state index contributed by atoms with van der Waals surface area (Å²) in [6.45, 7) is -0.0467. The largest absolute Gasteiger partial charge is 0.394 e. The minimum Gasteiger partial charge on any atom is -0.394 e. The molecule has 3 amide bonds. The second-order valence-corrected chi connectivity index (χ2v) is 13.4. The van der Waals surface area contributed by atoms with Crippen LogP contribution in [0.2, 0.25) is 0 Å². The maximum absolute atomic E-state index is 12.3. The first-order valence-electron chi connectivity index (χ1n) is 17.1. The number of ether oxygens (including phenoxy) is 7. The minimum absolute atomic E-state index is 0.655. The molecule has 312 valence electrons. The van der Waals surface area contributed by atoms with E-state index < -0.39 is 167 Å². The van der Waals surface area contributed by atoms with E-state index in [0.29, 0.717) is 0 Å². The van der Waals surface area contributed by atoms with E-state index >= 15 is 0 Å². The fourth-order valence-electron chi connectivity index (χ4n) is 6.81. The van der Waals surface area contributed by atoms with Gasteiger partial charge in [-0.3, -0.25) is 14.4 Å². The summed E-state index contributed by atoms with van der Waals surface area (Å²) < 4.78 is 40.3. The predicted molar refractivity (Wildman–Crippen MR) is 171 cm³/mol. The second kappa shape index (κ2) is 19.2. The molecule has 0 spiro atoms. The van der Waals surface area contributed by atoms with Crippen LogP contribution in [-0.4, -0.2) is 218 Å². The molecule has 0 aromatic carbocycles. The summed E-state index contributed by atoms with van der Waals surface area (Å²) in [7, 11) is 0. The van der Waals surface area contributed by atoms with Gasteiger partial charge in [0.2, 0.25) is 17.7 Å². The topological polar surface area (TPSA) is 380 Å². The van der Waals surface area contributed by atoms with E-state index in [2.05, 4.69) is 16.0 Å². The number of nitrogens with one attached hydrogen (secondary N) is 3. The molecule has 0 bridgehead atoms. The van der Waals surface area contributed by atoms with Crippen molar-refractivity contribution in [1.29, 1.82) is 0 Å². The van der Waals surface area contributed by atoms with E-state index in [0.717, 1.165) is 20.8 Å². The number of amides is 3. The Bertz CT molecular complexity index is 1260. The monoisotopic (exact) mass is 788 g/mol. The summed E-state index contributed by atoms with van der Waals surface area (Å²) in [5.74, 6) is -2.11. The first-order chi connectivity index (χ1) is 25.5. The van der Waals surface area contributed by atoms with Crippen LogP contribution in [0.3, 0.4) is 0 Å². The highest BCUT2D eigenvalue weighted by molar-refractivity contribution is 5.74. The van der Waals surface area contributed by atoms with E-state index in [9.17, 15) is 65.4 Å². The van der Waals surface area contributed by atoms with Gasteiger partial charge in [-0.2, -0.15) is 0 Å². The molecule has 4 fully saturated rings. The van der Waals surface area contributed by atoms with Crippen LogP contribution >= 0.6 is 0 Å². The molecular formula is C30H52N4O20. The third kappa shape index (κ3) is 9.79. The number of aliphatic hydroxyl groups is 10. The summed E-state index contributed by atoms with van der Waals surface area (Å²) in [6, 6.07) is -6.00. The highest BCUT2D eigenvalue weighted by atomic mass is 16.8. The number of carbonyl (C=O) groups excluding carboxylic acids is 3. The maximum Gasteiger partial charge on any atom is 0.217 e. The highest BCUT2D eigenvalue weighted by Crippen LogP contribution is 2.34. The SMILES string of the molecule is CC(=O)N[C@H]1[C@H](O[C@H]2C(O)[C@@H](NC(C)=O)[C@H](O)O[C@H]2CO)O[C@H](CO)[C@@H](O[C@@H]2O[C@H](CO)[C@@H](O[C@@H]3O[C@H](CO)[C@@H](O)[C@H](O)[C@H]3N)C(O)[C@H]2NC(C)=O)[C@@H]1O. The third-order valence-electron chi connectivity index (χ3n) is 9.49. The zero-order chi connectivity index (χ0) is 40.2. The first-order valence-corrected chi connectivity index (χ1v) is 17.1. The summed E-state index contributed by atoms with van der Waals surface area (Å²) in [5.41, 5.74) is 5.98. The Morgan fingerprint density at radius 3 is 1.22 bits per heavy atom. The van der Waals surface area contributed by atoms with Crippen LogP contribution in [0.15, 0.2) is 0 Å². The van der Waals surface area contributed by atoms with Crippen molar-refractivity contribution in [3.8, 4) is 0 Å². The molecule has 4 aliphatic rings. The van der Waals surface area contributed by atoms with Crippen molar-refractivity contribution in [3.63, 3.8) is 0 Å². The van der Waals surface area contributed by atoms with Gasteiger partial charge in [-0.25, -0.2) is 0 Å². The van der Waals surface area contributed by atoms with Gasteiger partial charge in [0.25, 0.3) is 0 Å². The number of rotatable bonds is 13. The molecule has 0 aromatic rings. The lowest BCUT2D eigenvalue weighted by Gasteiger charge is -2.50. The molecule has 0 aromatic heterocycles. The summed E-state index contributed by atoms with van der Waals surface area (Å²) >= 11 is 0. The average Bonchev–Trinajstić information content (AvgIpc) is 3.12. The molecule has 54 heavy (non-hydrogen) atoms. The van der Waals surface area contributed by atoms with Crippen LogP contribution in [-0.2, 0) is 47.5 Å². The number of aliphatic hydroxyl groups excluding tert-OH is 10. The fourth-order valence-corrected chi connectivity index (χ4v) is 6.81. The molecule has 20 atom stereocenters. The highest BCUT2D eigenvalue weighted by Gasteiger charge is 2.56. The van der Waals surface area contributed by atoms with Crippen LogP contribution in [0.1, 0.15) is 20.8 Å². The molecule has 0 radical (unpaired) electrons. The van der Waals surface area contributed by atoms with E-state index in [4.69, 9.17) is 38.9 Å². The molecule has 2 unspecified atom stereocenters. The van der Waals surface area contributed by atoms with Crippen molar-refractivity contribution < 1.29 is 98.6 Å². The molecular weight excluding hydrogens is 736 g/mol. The molecule has 24 nitrogen and oxygen atoms in total.